The number of amides is 1. The highest BCUT2D eigenvalue weighted by atomic mass is 19.4. The number of piperazine rings is 1. The van der Waals surface area contributed by atoms with Crippen LogP contribution >= 0.6 is 0 Å². The zero-order chi connectivity index (χ0) is 27.9. The van der Waals surface area contributed by atoms with Gasteiger partial charge in [-0.15, -0.1) is 0 Å². The summed E-state index contributed by atoms with van der Waals surface area (Å²) in [5.41, 5.74) is 0.230. The predicted molar refractivity (Wildman–Crippen MR) is 140 cm³/mol. The van der Waals surface area contributed by atoms with E-state index >= 15 is 0 Å². The Bertz CT molecular complexity index is 1560. The number of benzene rings is 3. The van der Waals surface area contributed by atoms with Crippen LogP contribution in [0.5, 0.6) is 5.75 Å². The van der Waals surface area contributed by atoms with E-state index < -0.39 is 28.4 Å². The molecule has 5 rings (SSSR count). The second kappa shape index (κ2) is 10.1. The van der Waals surface area contributed by atoms with E-state index in [1.165, 1.54) is 7.11 Å². The zero-order valence-electron chi connectivity index (χ0n) is 21.1. The van der Waals surface area contributed by atoms with Gasteiger partial charge in [0, 0.05) is 49.1 Å². The van der Waals surface area contributed by atoms with Gasteiger partial charge in [0.15, 0.2) is 0 Å². The molecule has 12 heteroatoms. The summed E-state index contributed by atoms with van der Waals surface area (Å²) < 4.78 is 50.6. The summed E-state index contributed by atoms with van der Waals surface area (Å²) in [6.45, 7) is 3.12. The normalized spacial score (nSPS) is 15.5. The van der Waals surface area contributed by atoms with Crippen molar-refractivity contribution < 1.29 is 32.0 Å². The van der Waals surface area contributed by atoms with Crippen molar-refractivity contribution in [3.05, 3.63) is 70.3 Å². The molecular weight excluding hydrogens is 517 g/mol. The average Bonchev–Trinajstić information content (AvgIpc) is 3.28. The van der Waals surface area contributed by atoms with Gasteiger partial charge < -0.3 is 19.4 Å². The Balaban J connectivity index is 1.29. The van der Waals surface area contributed by atoms with Crippen molar-refractivity contribution in [2.24, 2.45) is 0 Å². The van der Waals surface area contributed by atoms with Crippen molar-refractivity contribution in [1.82, 2.24) is 4.90 Å². The number of nitrogens with one attached hydrogen (secondary N) is 1. The number of fused-ring (bicyclic) bond motifs is 3. The largest absolute Gasteiger partial charge is 0.495 e. The maximum absolute atomic E-state index is 13.2. The molecule has 1 amide bonds. The minimum Gasteiger partial charge on any atom is -0.495 e. The van der Waals surface area contributed by atoms with Crippen molar-refractivity contribution in [1.29, 1.82) is 0 Å². The number of anilines is 2. The lowest BCUT2D eigenvalue weighted by molar-refractivity contribution is -0.384. The van der Waals surface area contributed by atoms with Crippen molar-refractivity contribution in [2.45, 2.75) is 19.1 Å². The Labute approximate surface area is 220 Å². The van der Waals surface area contributed by atoms with Crippen LogP contribution in [0.1, 0.15) is 12.5 Å². The average molecular weight is 543 g/mol. The van der Waals surface area contributed by atoms with Gasteiger partial charge in [-0.1, -0.05) is 18.2 Å². The van der Waals surface area contributed by atoms with Crippen LogP contribution in [0.25, 0.3) is 21.9 Å². The predicted octanol–water partition coefficient (Wildman–Crippen LogP) is 5.67. The molecule has 1 atom stereocenters. The van der Waals surface area contributed by atoms with Gasteiger partial charge in [-0.2, -0.15) is 13.2 Å². The molecule has 1 fully saturated rings. The van der Waals surface area contributed by atoms with Gasteiger partial charge >= 0.3 is 6.18 Å². The summed E-state index contributed by atoms with van der Waals surface area (Å²) in [5, 5.41) is 16.2. The van der Waals surface area contributed by atoms with Gasteiger partial charge in [0.05, 0.1) is 29.3 Å². The fraction of sp³-hybridized carbons (Fsp3) is 0.296. The molecular formula is C27H25F3N4O5. The van der Waals surface area contributed by atoms with E-state index in [1.54, 1.807) is 17.9 Å². The maximum Gasteiger partial charge on any atom is 0.416 e. The van der Waals surface area contributed by atoms with Gasteiger partial charge in [-0.25, -0.2) is 0 Å². The molecule has 0 radical (unpaired) electrons. The molecule has 39 heavy (non-hydrogen) atoms. The Morgan fingerprint density at radius 2 is 1.77 bits per heavy atom. The number of methoxy groups -OCH3 is 1. The van der Waals surface area contributed by atoms with Gasteiger partial charge in [-0.3, -0.25) is 19.8 Å². The summed E-state index contributed by atoms with van der Waals surface area (Å²) >= 11 is 0. The number of nitrogens with zero attached hydrogens (tertiary/aromatic N) is 3. The Morgan fingerprint density at radius 1 is 1.05 bits per heavy atom. The van der Waals surface area contributed by atoms with Crippen LogP contribution in [0.3, 0.4) is 0 Å². The molecule has 1 aliphatic heterocycles. The number of nitro groups is 1. The molecule has 2 heterocycles. The summed E-state index contributed by atoms with van der Waals surface area (Å²) in [6.07, 6.45) is -4.68. The molecule has 1 N–H and O–H groups in total. The zero-order valence-corrected chi connectivity index (χ0v) is 21.1. The molecule has 3 aromatic carbocycles. The smallest absolute Gasteiger partial charge is 0.416 e. The first kappa shape index (κ1) is 26.3. The second-order valence-electron chi connectivity index (χ2n) is 9.29. The van der Waals surface area contributed by atoms with E-state index in [0.717, 1.165) is 28.5 Å². The van der Waals surface area contributed by atoms with E-state index in [2.05, 4.69) is 5.32 Å². The maximum atomic E-state index is 13.2. The summed E-state index contributed by atoms with van der Waals surface area (Å²) in [4.78, 5) is 27.4. The number of halogens is 3. The van der Waals surface area contributed by atoms with Crippen LogP contribution in [0.2, 0.25) is 0 Å². The van der Waals surface area contributed by atoms with Crippen LogP contribution in [0.4, 0.5) is 30.2 Å². The van der Waals surface area contributed by atoms with Crippen molar-refractivity contribution in [2.75, 3.05) is 43.5 Å². The minimum atomic E-state index is -4.68. The molecule has 4 aromatic rings. The lowest BCUT2D eigenvalue weighted by atomic mass is 10.1. The van der Waals surface area contributed by atoms with E-state index in [-0.39, 0.29) is 11.6 Å². The van der Waals surface area contributed by atoms with Crippen LogP contribution in [0, 0.1) is 10.1 Å². The number of furan rings is 1. The number of hydrogen-bond donors (Lipinski definition) is 1. The Morgan fingerprint density at radius 3 is 2.44 bits per heavy atom. The first-order valence-corrected chi connectivity index (χ1v) is 12.2. The van der Waals surface area contributed by atoms with Crippen LogP contribution in [0.15, 0.2) is 59.0 Å². The number of nitro benzene ring substituents is 1. The topological polar surface area (TPSA) is 101 Å². The number of para-hydroxylation sites is 1. The van der Waals surface area contributed by atoms with E-state index in [4.69, 9.17) is 9.15 Å². The molecule has 1 aliphatic rings. The number of carbonyl (C=O) groups is 1. The first-order chi connectivity index (χ1) is 18.6. The second-order valence-corrected chi connectivity index (χ2v) is 9.29. The van der Waals surface area contributed by atoms with Crippen LogP contribution < -0.4 is 15.0 Å². The third-order valence-corrected chi connectivity index (χ3v) is 7.04. The molecule has 0 spiro atoms. The SMILES string of the molecule is COc1cc2c(cc1NC(=O)[C@@H](C)N1CCN(c3ccc(C(F)(F)F)cc3[N+](=O)[O-])CC1)oc1ccccc12. The molecule has 0 bridgehead atoms. The Kier molecular flexibility index (Phi) is 6.81. The third kappa shape index (κ3) is 5.07. The number of rotatable bonds is 6. The highest BCUT2D eigenvalue weighted by molar-refractivity contribution is 6.08. The number of hydrogen-bond acceptors (Lipinski definition) is 7. The lowest BCUT2D eigenvalue weighted by Crippen LogP contribution is -2.53. The molecule has 204 valence electrons. The molecule has 0 unspecified atom stereocenters. The molecule has 0 aliphatic carbocycles. The quantitative estimate of drug-likeness (QED) is 0.247. The van der Waals surface area contributed by atoms with Crippen molar-refractivity contribution >= 4 is 44.9 Å². The van der Waals surface area contributed by atoms with Gasteiger partial charge in [0.25, 0.3) is 5.69 Å². The summed E-state index contributed by atoms with van der Waals surface area (Å²) in [7, 11) is 1.52. The van der Waals surface area contributed by atoms with Gasteiger partial charge in [-0.05, 0) is 31.2 Å². The monoisotopic (exact) mass is 542 g/mol. The molecule has 1 aromatic heterocycles. The minimum absolute atomic E-state index is 0.119. The first-order valence-electron chi connectivity index (χ1n) is 12.2. The number of ether oxygens (including phenoxy) is 1. The fourth-order valence-corrected chi connectivity index (χ4v) is 4.88. The highest BCUT2D eigenvalue weighted by Crippen LogP contribution is 2.38. The molecule has 1 saturated heterocycles. The number of carbonyl (C=O) groups excluding carboxylic acids is 1. The van der Waals surface area contributed by atoms with Crippen molar-refractivity contribution in [3.63, 3.8) is 0 Å². The van der Waals surface area contributed by atoms with Crippen LogP contribution in [-0.4, -0.2) is 55.1 Å². The summed E-state index contributed by atoms with van der Waals surface area (Å²) in [6, 6.07) is 13.1. The van der Waals surface area contributed by atoms with Crippen LogP contribution in [-0.2, 0) is 11.0 Å². The lowest BCUT2D eigenvalue weighted by Gasteiger charge is -2.38. The molecule has 0 saturated carbocycles. The van der Waals surface area contributed by atoms with E-state index in [1.807, 2.05) is 35.2 Å². The van der Waals surface area contributed by atoms with E-state index in [9.17, 15) is 28.1 Å². The van der Waals surface area contributed by atoms with Gasteiger partial charge in [0.1, 0.15) is 22.6 Å². The third-order valence-electron chi connectivity index (χ3n) is 7.04. The van der Waals surface area contributed by atoms with Gasteiger partial charge in [0.2, 0.25) is 5.91 Å². The highest BCUT2D eigenvalue weighted by Gasteiger charge is 2.35. The Hall–Kier alpha value is -4.32. The van der Waals surface area contributed by atoms with Crippen molar-refractivity contribution in [3.8, 4) is 5.75 Å². The molecule has 9 nitrogen and oxygen atoms in total. The summed E-state index contributed by atoms with van der Waals surface area (Å²) in [5.74, 6) is 0.201. The standard InChI is InChI=1S/C27H25F3N4O5/c1-16(26(35)31-20-15-24-19(14-25(20)38-2)18-5-3-4-6-23(18)39-24)32-9-11-33(12-10-32)21-8-7-17(27(28,29)30)13-22(21)34(36)37/h3-8,13-16H,9-12H2,1-2H3,(H,31,35)/t16-/m1/s1. The van der Waals surface area contributed by atoms with E-state index in [0.29, 0.717) is 49.3 Å². The fourth-order valence-electron chi connectivity index (χ4n) is 4.88. The number of alkyl halides is 3.